The van der Waals surface area contributed by atoms with Crippen LogP contribution < -0.4 is 4.90 Å². The van der Waals surface area contributed by atoms with Gasteiger partial charge in [0.1, 0.15) is 0 Å². The van der Waals surface area contributed by atoms with Crippen molar-refractivity contribution in [1.29, 1.82) is 0 Å². The number of hydrogen-bond acceptors (Lipinski definition) is 1. The third kappa shape index (κ3) is 5.16. The predicted molar refractivity (Wildman–Crippen MR) is 230 cm³/mol. The van der Waals surface area contributed by atoms with Crippen molar-refractivity contribution in [3.05, 3.63) is 211 Å². The van der Waals surface area contributed by atoms with Gasteiger partial charge in [-0.2, -0.15) is 0 Å². The predicted octanol–water partition coefficient (Wildman–Crippen LogP) is 14.8. The van der Waals surface area contributed by atoms with Gasteiger partial charge in [-0.15, -0.1) is 0 Å². The zero-order valence-electron chi connectivity index (χ0n) is 30.5. The molecule has 0 saturated heterocycles. The lowest BCUT2D eigenvalue weighted by molar-refractivity contribution is 0.660. The molecule has 0 unspecified atom stereocenters. The molecule has 0 N–H and O–H groups in total. The highest BCUT2D eigenvalue weighted by molar-refractivity contribution is 6.09. The highest BCUT2D eigenvalue weighted by Crippen LogP contribution is 2.50. The van der Waals surface area contributed by atoms with Crippen molar-refractivity contribution in [3.8, 4) is 44.5 Å². The third-order valence-corrected chi connectivity index (χ3v) is 11.5. The van der Waals surface area contributed by atoms with Crippen LogP contribution >= 0.6 is 0 Å². The van der Waals surface area contributed by atoms with Gasteiger partial charge in [-0.05, 0) is 96.6 Å². The van der Waals surface area contributed by atoms with Gasteiger partial charge in [0.15, 0.2) is 0 Å². The molecule has 0 spiro atoms. The molecular formula is C53H39N. The van der Waals surface area contributed by atoms with Gasteiger partial charge in [0.05, 0.1) is 11.4 Å². The quantitative estimate of drug-likeness (QED) is 0.168. The Labute approximate surface area is 317 Å². The van der Waals surface area contributed by atoms with Crippen molar-refractivity contribution >= 4 is 38.6 Å². The molecular weight excluding hydrogens is 651 g/mol. The molecule has 1 heteroatoms. The number of anilines is 3. The summed E-state index contributed by atoms with van der Waals surface area (Å²) in [5.74, 6) is 0. The largest absolute Gasteiger partial charge is 0.309 e. The fraction of sp³-hybridized carbons (Fsp3) is 0.0566. The summed E-state index contributed by atoms with van der Waals surface area (Å²) in [6.07, 6.45) is 0. The van der Waals surface area contributed by atoms with Gasteiger partial charge in [0, 0.05) is 22.1 Å². The first kappa shape index (κ1) is 32.0. The van der Waals surface area contributed by atoms with Crippen LogP contribution in [0.15, 0.2) is 200 Å². The van der Waals surface area contributed by atoms with E-state index in [1.165, 1.54) is 77.2 Å². The normalized spacial score (nSPS) is 12.8. The maximum absolute atomic E-state index is 2.45. The highest BCUT2D eigenvalue weighted by Gasteiger charge is 2.35. The van der Waals surface area contributed by atoms with E-state index >= 15 is 0 Å². The fourth-order valence-corrected chi connectivity index (χ4v) is 8.82. The van der Waals surface area contributed by atoms with Crippen LogP contribution in [0.5, 0.6) is 0 Å². The summed E-state index contributed by atoms with van der Waals surface area (Å²) < 4.78 is 0. The maximum Gasteiger partial charge on any atom is 0.0540 e. The Hall–Kier alpha value is -6.70. The highest BCUT2D eigenvalue weighted by atomic mass is 15.1. The topological polar surface area (TPSA) is 3.24 Å². The minimum absolute atomic E-state index is 0.0429. The second-order valence-corrected chi connectivity index (χ2v) is 14.9. The smallest absolute Gasteiger partial charge is 0.0540 e. The average Bonchev–Trinajstić information content (AvgIpc) is 3.46. The first-order valence-corrected chi connectivity index (χ1v) is 18.9. The number of fused-ring (bicyclic) bond motifs is 5. The van der Waals surface area contributed by atoms with E-state index in [1.807, 2.05) is 0 Å². The van der Waals surface area contributed by atoms with E-state index in [0.29, 0.717) is 0 Å². The van der Waals surface area contributed by atoms with Gasteiger partial charge in [-0.3, -0.25) is 0 Å². The molecule has 9 aromatic rings. The van der Waals surface area contributed by atoms with Crippen molar-refractivity contribution in [1.82, 2.24) is 0 Å². The third-order valence-electron chi connectivity index (χ3n) is 11.5. The van der Waals surface area contributed by atoms with Gasteiger partial charge in [-0.1, -0.05) is 184 Å². The van der Waals surface area contributed by atoms with Crippen molar-refractivity contribution in [2.75, 3.05) is 4.90 Å². The summed E-state index contributed by atoms with van der Waals surface area (Å²) in [5.41, 5.74) is 16.1. The molecule has 0 radical (unpaired) electrons. The Morgan fingerprint density at radius 3 is 1.76 bits per heavy atom. The SMILES string of the molecule is CC1(C)c2ccccc2-c2ccc(-c3ccc(N(c4ccccc4-c4cccc5cccc(-c6ccccc6)c45)c4cccc5ccccc45)cc3)cc21. The molecule has 0 fully saturated rings. The maximum atomic E-state index is 2.45. The second-order valence-electron chi connectivity index (χ2n) is 14.9. The minimum Gasteiger partial charge on any atom is -0.309 e. The molecule has 256 valence electrons. The standard InChI is InChI=1S/C53H39N/c1-53(2)48-26-10-8-22-44(48)45-34-31-40(35-49(45)53)36-29-32-41(33-30-36)54(50-28-14-18-37-17-6-7-21-42(37)50)51-27-11-9-23-46(51)47-25-13-20-39-19-12-24-43(52(39)47)38-15-4-3-5-16-38/h3-35H,1-2H3. The van der Waals surface area contributed by atoms with Gasteiger partial charge < -0.3 is 4.90 Å². The molecule has 0 saturated carbocycles. The van der Waals surface area contributed by atoms with E-state index in [-0.39, 0.29) is 5.41 Å². The van der Waals surface area contributed by atoms with Crippen molar-refractivity contribution in [2.24, 2.45) is 0 Å². The van der Waals surface area contributed by atoms with Gasteiger partial charge in [-0.25, -0.2) is 0 Å². The van der Waals surface area contributed by atoms with Crippen LogP contribution in [0.25, 0.3) is 66.1 Å². The molecule has 0 amide bonds. The Bertz CT molecular complexity index is 2830. The van der Waals surface area contributed by atoms with E-state index in [1.54, 1.807) is 0 Å². The Morgan fingerprint density at radius 1 is 0.352 bits per heavy atom. The lowest BCUT2D eigenvalue weighted by Gasteiger charge is -2.29. The van der Waals surface area contributed by atoms with Crippen LogP contribution in [0.4, 0.5) is 17.1 Å². The van der Waals surface area contributed by atoms with E-state index in [2.05, 4.69) is 219 Å². The number of para-hydroxylation sites is 1. The fourth-order valence-electron chi connectivity index (χ4n) is 8.82. The Kier molecular flexibility index (Phi) is 7.56. The molecule has 1 aliphatic rings. The first-order chi connectivity index (χ1) is 26.6. The zero-order valence-corrected chi connectivity index (χ0v) is 30.5. The number of rotatable bonds is 6. The van der Waals surface area contributed by atoms with Crippen LogP contribution in [-0.2, 0) is 5.41 Å². The summed E-state index contributed by atoms with van der Waals surface area (Å²) in [7, 11) is 0. The van der Waals surface area contributed by atoms with E-state index in [4.69, 9.17) is 0 Å². The van der Waals surface area contributed by atoms with Crippen LogP contribution in [0.3, 0.4) is 0 Å². The summed E-state index contributed by atoms with van der Waals surface area (Å²) in [6, 6.07) is 73.4. The molecule has 10 rings (SSSR count). The van der Waals surface area contributed by atoms with Crippen LogP contribution in [0.2, 0.25) is 0 Å². The lowest BCUT2D eigenvalue weighted by Crippen LogP contribution is -2.14. The van der Waals surface area contributed by atoms with Gasteiger partial charge in [0.2, 0.25) is 0 Å². The molecule has 54 heavy (non-hydrogen) atoms. The monoisotopic (exact) mass is 689 g/mol. The van der Waals surface area contributed by atoms with Crippen LogP contribution in [-0.4, -0.2) is 0 Å². The minimum atomic E-state index is -0.0429. The summed E-state index contributed by atoms with van der Waals surface area (Å²) in [5, 5.41) is 4.91. The first-order valence-electron chi connectivity index (χ1n) is 18.9. The van der Waals surface area contributed by atoms with E-state index in [9.17, 15) is 0 Å². The van der Waals surface area contributed by atoms with Crippen LogP contribution in [0, 0.1) is 0 Å². The molecule has 9 aromatic carbocycles. The number of hydrogen-bond donors (Lipinski definition) is 0. The van der Waals surface area contributed by atoms with Gasteiger partial charge >= 0.3 is 0 Å². The Balaban J connectivity index is 1.15. The van der Waals surface area contributed by atoms with Crippen LogP contribution in [0.1, 0.15) is 25.0 Å². The molecule has 0 aliphatic heterocycles. The van der Waals surface area contributed by atoms with Crippen molar-refractivity contribution < 1.29 is 0 Å². The molecule has 0 bridgehead atoms. The van der Waals surface area contributed by atoms with Crippen molar-refractivity contribution in [3.63, 3.8) is 0 Å². The Morgan fingerprint density at radius 2 is 0.926 bits per heavy atom. The molecule has 1 aliphatic carbocycles. The summed E-state index contributed by atoms with van der Waals surface area (Å²) in [6.45, 7) is 4.70. The van der Waals surface area contributed by atoms with E-state index < -0.39 is 0 Å². The van der Waals surface area contributed by atoms with Crippen molar-refractivity contribution in [2.45, 2.75) is 19.3 Å². The van der Waals surface area contributed by atoms with E-state index in [0.717, 1.165) is 17.1 Å². The second kappa shape index (κ2) is 12.8. The molecule has 0 atom stereocenters. The summed E-state index contributed by atoms with van der Waals surface area (Å²) in [4.78, 5) is 2.45. The lowest BCUT2D eigenvalue weighted by atomic mass is 9.81. The molecule has 1 nitrogen and oxygen atoms in total. The zero-order chi connectivity index (χ0) is 36.2. The molecule has 0 heterocycles. The number of benzene rings is 9. The molecule has 0 aromatic heterocycles. The number of nitrogens with zero attached hydrogens (tertiary/aromatic N) is 1. The summed E-state index contributed by atoms with van der Waals surface area (Å²) >= 11 is 0. The van der Waals surface area contributed by atoms with Gasteiger partial charge in [0.25, 0.3) is 0 Å². The average molecular weight is 690 g/mol.